The summed E-state index contributed by atoms with van der Waals surface area (Å²) >= 11 is 0. The molecular formula is C19H32N2O2. The van der Waals surface area contributed by atoms with Crippen LogP contribution in [0.25, 0.3) is 0 Å². The summed E-state index contributed by atoms with van der Waals surface area (Å²) in [4.78, 5) is 2.36. The van der Waals surface area contributed by atoms with Crippen LogP contribution >= 0.6 is 0 Å². The number of ether oxygens (including phenoxy) is 1. The van der Waals surface area contributed by atoms with E-state index in [4.69, 9.17) is 4.74 Å². The van der Waals surface area contributed by atoms with Gasteiger partial charge < -0.3 is 20.1 Å². The van der Waals surface area contributed by atoms with E-state index in [0.717, 1.165) is 17.9 Å². The van der Waals surface area contributed by atoms with E-state index in [0.29, 0.717) is 13.2 Å². The van der Waals surface area contributed by atoms with Crippen molar-refractivity contribution >= 4 is 0 Å². The summed E-state index contributed by atoms with van der Waals surface area (Å²) in [6.45, 7) is 3.85. The van der Waals surface area contributed by atoms with Crippen molar-refractivity contribution in [2.45, 2.75) is 50.7 Å². The van der Waals surface area contributed by atoms with Gasteiger partial charge in [-0.25, -0.2) is 0 Å². The first-order valence-corrected chi connectivity index (χ1v) is 8.78. The van der Waals surface area contributed by atoms with Gasteiger partial charge in [-0.1, -0.05) is 37.5 Å². The van der Waals surface area contributed by atoms with Crippen molar-refractivity contribution in [3.05, 3.63) is 29.8 Å². The third kappa shape index (κ3) is 5.20. The molecule has 1 aliphatic carbocycles. The molecule has 23 heavy (non-hydrogen) atoms. The van der Waals surface area contributed by atoms with Gasteiger partial charge in [-0.05, 0) is 45.5 Å². The molecule has 0 aliphatic heterocycles. The highest BCUT2D eigenvalue weighted by molar-refractivity contribution is 5.31. The minimum absolute atomic E-state index is 0.245. The topological polar surface area (TPSA) is 44.7 Å². The van der Waals surface area contributed by atoms with Crippen LogP contribution < -0.4 is 10.1 Å². The average molecular weight is 320 g/mol. The van der Waals surface area contributed by atoms with Gasteiger partial charge in [0.1, 0.15) is 18.5 Å². The number of hydrogen-bond donors (Lipinski definition) is 2. The second-order valence-electron chi connectivity index (χ2n) is 7.04. The van der Waals surface area contributed by atoms with Crippen LogP contribution in [0.4, 0.5) is 0 Å². The Morgan fingerprint density at radius 2 is 1.91 bits per heavy atom. The van der Waals surface area contributed by atoms with Crippen LogP contribution in [0.5, 0.6) is 5.75 Å². The Balaban J connectivity index is 1.73. The van der Waals surface area contributed by atoms with Gasteiger partial charge in [0.2, 0.25) is 0 Å². The minimum Gasteiger partial charge on any atom is -0.491 e. The number of nitrogens with one attached hydrogen (secondary N) is 1. The summed E-state index contributed by atoms with van der Waals surface area (Å²) < 4.78 is 5.71. The smallest absolute Gasteiger partial charge is 0.122 e. The first-order chi connectivity index (χ1) is 11.0. The maximum atomic E-state index is 10.2. The van der Waals surface area contributed by atoms with Crippen LogP contribution in [0, 0.1) is 6.92 Å². The highest BCUT2D eigenvalue weighted by Gasteiger charge is 2.33. The molecule has 2 N–H and O–H groups in total. The molecule has 0 bridgehead atoms. The van der Waals surface area contributed by atoms with Gasteiger partial charge in [0.15, 0.2) is 0 Å². The lowest BCUT2D eigenvalue weighted by Crippen LogP contribution is -2.53. The zero-order chi connectivity index (χ0) is 16.7. The van der Waals surface area contributed by atoms with Crippen molar-refractivity contribution in [2.24, 2.45) is 0 Å². The molecule has 1 aromatic rings. The van der Waals surface area contributed by atoms with Gasteiger partial charge in [-0.3, -0.25) is 0 Å². The number of likely N-dealkylation sites (N-methyl/N-ethyl adjacent to an activating group) is 1. The number of benzene rings is 1. The van der Waals surface area contributed by atoms with Gasteiger partial charge in [0, 0.05) is 18.6 Å². The van der Waals surface area contributed by atoms with E-state index < -0.39 is 6.10 Å². The predicted molar refractivity (Wildman–Crippen MR) is 95.1 cm³/mol. The first kappa shape index (κ1) is 18.2. The normalized spacial score (nSPS) is 18.8. The molecule has 0 aromatic heterocycles. The van der Waals surface area contributed by atoms with Crippen molar-refractivity contribution < 1.29 is 9.84 Å². The molecule has 2 rings (SSSR count). The van der Waals surface area contributed by atoms with E-state index in [-0.39, 0.29) is 5.54 Å². The van der Waals surface area contributed by atoms with Gasteiger partial charge in [-0.2, -0.15) is 0 Å². The quantitative estimate of drug-likeness (QED) is 0.773. The Bertz CT molecular complexity index is 470. The van der Waals surface area contributed by atoms with Crippen LogP contribution in [-0.4, -0.2) is 55.4 Å². The van der Waals surface area contributed by atoms with E-state index in [1.165, 1.54) is 32.1 Å². The Hall–Kier alpha value is -1.10. The van der Waals surface area contributed by atoms with E-state index in [1.807, 2.05) is 31.2 Å². The van der Waals surface area contributed by atoms with Crippen molar-refractivity contribution in [3.8, 4) is 5.75 Å². The highest BCUT2D eigenvalue weighted by Crippen LogP contribution is 2.31. The Kier molecular flexibility index (Phi) is 6.88. The summed E-state index contributed by atoms with van der Waals surface area (Å²) in [6.07, 6.45) is 5.95. The monoisotopic (exact) mass is 320 g/mol. The molecule has 1 saturated carbocycles. The first-order valence-electron chi connectivity index (χ1n) is 8.78. The SMILES string of the molecule is Cc1ccccc1OC[C@H](O)CNCC1(N(C)C)CCCCC1. The number of rotatable bonds is 8. The van der Waals surface area contributed by atoms with Gasteiger partial charge in [0.25, 0.3) is 0 Å². The fraction of sp³-hybridized carbons (Fsp3) is 0.684. The molecule has 1 aliphatic rings. The van der Waals surface area contributed by atoms with E-state index in [1.54, 1.807) is 0 Å². The zero-order valence-electron chi connectivity index (χ0n) is 14.8. The lowest BCUT2D eigenvalue weighted by molar-refractivity contribution is 0.0788. The summed E-state index contributed by atoms with van der Waals surface area (Å²) in [7, 11) is 4.34. The number of nitrogens with zero attached hydrogens (tertiary/aromatic N) is 1. The summed E-state index contributed by atoms with van der Waals surface area (Å²) in [5, 5.41) is 13.6. The van der Waals surface area contributed by atoms with Gasteiger partial charge in [-0.15, -0.1) is 0 Å². The number of aliphatic hydroxyl groups excluding tert-OH is 1. The Labute approximate surface area is 140 Å². The van der Waals surface area contributed by atoms with E-state index in [2.05, 4.69) is 24.3 Å². The molecule has 1 aromatic carbocycles. The maximum absolute atomic E-state index is 10.2. The number of aliphatic hydroxyl groups is 1. The molecule has 0 amide bonds. The Morgan fingerprint density at radius 1 is 1.22 bits per heavy atom. The van der Waals surface area contributed by atoms with E-state index >= 15 is 0 Å². The number of para-hydroxylation sites is 1. The van der Waals surface area contributed by atoms with Crippen molar-refractivity contribution in [1.82, 2.24) is 10.2 Å². The molecule has 1 atom stereocenters. The molecule has 0 spiro atoms. The van der Waals surface area contributed by atoms with Gasteiger partial charge in [0.05, 0.1) is 0 Å². The maximum Gasteiger partial charge on any atom is 0.122 e. The molecule has 1 fully saturated rings. The molecule has 0 saturated heterocycles. The molecule has 4 heteroatoms. The third-order valence-corrected chi connectivity index (χ3v) is 5.09. The summed E-state index contributed by atoms with van der Waals surface area (Å²) in [5.74, 6) is 0.851. The molecule has 0 heterocycles. The van der Waals surface area contributed by atoms with Crippen molar-refractivity contribution in [3.63, 3.8) is 0 Å². The van der Waals surface area contributed by atoms with Crippen molar-refractivity contribution in [2.75, 3.05) is 33.8 Å². The lowest BCUT2D eigenvalue weighted by Gasteiger charge is -2.43. The zero-order valence-corrected chi connectivity index (χ0v) is 14.8. The number of hydrogen-bond acceptors (Lipinski definition) is 4. The van der Waals surface area contributed by atoms with Crippen LogP contribution in [0.2, 0.25) is 0 Å². The standard InChI is InChI=1S/C19H32N2O2/c1-16-9-5-6-10-18(16)23-14-17(22)13-20-15-19(21(2)3)11-7-4-8-12-19/h5-6,9-10,17,20,22H,4,7-8,11-15H2,1-3H3/t17-/m1/s1. The molecular weight excluding hydrogens is 288 g/mol. The van der Waals surface area contributed by atoms with Crippen molar-refractivity contribution in [1.29, 1.82) is 0 Å². The van der Waals surface area contributed by atoms with Gasteiger partial charge >= 0.3 is 0 Å². The Morgan fingerprint density at radius 3 is 2.57 bits per heavy atom. The molecule has 0 radical (unpaired) electrons. The molecule has 4 nitrogen and oxygen atoms in total. The van der Waals surface area contributed by atoms with Crippen LogP contribution in [-0.2, 0) is 0 Å². The minimum atomic E-state index is -0.489. The fourth-order valence-electron chi connectivity index (χ4n) is 3.43. The van der Waals surface area contributed by atoms with E-state index in [9.17, 15) is 5.11 Å². The van der Waals surface area contributed by atoms with Crippen LogP contribution in [0.15, 0.2) is 24.3 Å². The largest absolute Gasteiger partial charge is 0.491 e. The lowest BCUT2D eigenvalue weighted by atomic mass is 9.80. The molecule has 0 unspecified atom stereocenters. The third-order valence-electron chi connectivity index (χ3n) is 5.09. The fourth-order valence-corrected chi connectivity index (χ4v) is 3.43. The highest BCUT2D eigenvalue weighted by atomic mass is 16.5. The van der Waals surface area contributed by atoms with Crippen LogP contribution in [0.1, 0.15) is 37.7 Å². The van der Waals surface area contributed by atoms with Crippen LogP contribution in [0.3, 0.4) is 0 Å². The second kappa shape index (κ2) is 8.67. The predicted octanol–water partition coefficient (Wildman–Crippen LogP) is 2.59. The summed E-state index contributed by atoms with van der Waals surface area (Å²) in [5.41, 5.74) is 1.34. The average Bonchev–Trinajstić information content (AvgIpc) is 2.55. The number of aryl methyl sites for hydroxylation is 1. The summed E-state index contributed by atoms with van der Waals surface area (Å²) in [6, 6.07) is 7.91. The molecule has 130 valence electrons. The second-order valence-corrected chi connectivity index (χ2v) is 7.04.